The Morgan fingerprint density at radius 2 is 1.33 bits per heavy atom. The first-order valence-corrected chi connectivity index (χ1v) is 18.3. The first-order valence-electron chi connectivity index (χ1n) is 18.3. The van der Waals surface area contributed by atoms with E-state index in [2.05, 4.69) is 15.6 Å². The van der Waals surface area contributed by atoms with Crippen molar-refractivity contribution < 1.29 is 43.1 Å². The van der Waals surface area contributed by atoms with Crippen LogP contribution in [0, 0.1) is 5.41 Å². The average molecular weight is 754 g/mol. The number of ether oxygens (including phenoxy) is 6. The van der Waals surface area contributed by atoms with Gasteiger partial charge in [0.15, 0.2) is 0 Å². The van der Waals surface area contributed by atoms with E-state index in [-0.39, 0.29) is 19.8 Å². The molecule has 14 heteroatoms. The van der Waals surface area contributed by atoms with Gasteiger partial charge in [-0.2, -0.15) is 0 Å². The zero-order chi connectivity index (χ0) is 39.0. The van der Waals surface area contributed by atoms with E-state index >= 15 is 0 Å². The predicted octanol–water partition coefficient (Wildman–Crippen LogP) is 3.37. The molecule has 2 amide bonds. The average Bonchev–Trinajstić information content (AvgIpc) is 3.15. The third-order valence-corrected chi connectivity index (χ3v) is 8.21. The van der Waals surface area contributed by atoms with Crippen LogP contribution in [0.2, 0.25) is 0 Å². The number of aliphatic hydroxyl groups excluding tert-OH is 1. The number of hydrogen-bond donors (Lipinski definition) is 4. The number of rotatable bonds is 26. The van der Waals surface area contributed by atoms with Crippen LogP contribution in [0.5, 0.6) is 0 Å². The molecule has 0 saturated carbocycles. The number of nitrogens with zero attached hydrogens (tertiary/aromatic N) is 2. The Morgan fingerprint density at radius 1 is 0.759 bits per heavy atom. The van der Waals surface area contributed by atoms with Crippen molar-refractivity contribution in [2.75, 3.05) is 79.7 Å². The predicted molar refractivity (Wildman–Crippen MR) is 205 cm³/mol. The van der Waals surface area contributed by atoms with Crippen molar-refractivity contribution in [2.24, 2.45) is 11.3 Å². The largest absolute Gasteiger partial charge is 0.447 e. The third-order valence-electron chi connectivity index (χ3n) is 8.21. The van der Waals surface area contributed by atoms with Gasteiger partial charge in [0, 0.05) is 32.0 Å². The Labute approximate surface area is 319 Å². The number of nitrogens with one attached hydrogen (secondary N) is 2. The van der Waals surface area contributed by atoms with E-state index in [1.807, 2.05) is 93.6 Å². The Bertz CT molecular complexity index is 1450. The SMILES string of the molecule is COCCOCCOCCOCCOCCOC(=O)N[C@H](C(=O)N[C@@H](Cc1ccccc1)[C@@H](O)CN(N)Cc1ccc(-c2ccccn2)cc1)C(C)(C)C. The lowest BCUT2D eigenvalue weighted by Crippen LogP contribution is -2.59. The van der Waals surface area contributed by atoms with Gasteiger partial charge in [-0.15, -0.1) is 0 Å². The normalized spacial score (nSPS) is 13.3. The van der Waals surface area contributed by atoms with Crippen LogP contribution in [0.4, 0.5) is 4.79 Å². The van der Waals surface area contributed by atoms with Gasteiger partial charge < -0.3 is 44.2 Å². The van der Waals surface area contributed by atoms with Crippen molar-refractivity contribution in [2.45, 2.75) is 51.9 Å². The van der Waals surface area contributed by atoms with Crippen LogP contribution in [0.1, 0.15) is 31.9 Å². The van der Waals surface area contributed by atoms with Gasteiger partial charge >= 0.3 is 6.09 Å². The molecule has 0 aliphatic carbocycles. The lowest BCUT2D eigenvalue weighted by Gasteiger charge is -2.33. The molecule has 0 fully saturated rings. The highest BCUT2D eigenvalue weighted by atomic mass is 16.6. The summed E-state index contributed by atoms with van der Waals surface area (Å²) in [6.45, 7) is 9.75. The summed E-state index contributed by atoms with van der Waals surface area (Å²) in [7, 11) is 1.62. The highest BCUT2D eigenvalue weighted by Gasteiger charge is 2.35. The van der Waals surface area contributed by atoms with Crippen LogP contribution >= 0.6 is 0 Å². The first-order chi connectivity index (χ1) is 26.1. The Hall–Kier alpha value is -3.99. The van der Waals surface area contributed by atoms with Gasteiger partial charge in [-0.05, 0) is 35.1 Å². The molecule has 1 aromatic heterocycles. The molecule has 3 rings (SSSR count). The summed E-state index contributed by atoms with van der Waals surface area (Å²) < 4.78 is 31.9. The van der Waals surface area contributed by atoms with Crippen LogP contribution in [-0.2, 0) is 46.2 Å². The van der Waals surface area contributed by atoms with Crippen LogP contribution in [0.15, 0.2) is 79.0 Å². The van der Waals surface area contributed by atoms with Gasteiger partial charge in [0.25, 0.3) is 0 Å². The second-order valence-electron chi connectivity index (χ2n) is 13.7. The lowest BCUT2D eigenvalue weighted by molar-refractivity contribution is -0.127. The smallest absolute Gasteiger partial charge is 0.407 e. The zero-order valence-corrected chi connectivity index (χ0v) is 32.1. The maximum absolute atomic E-state index is 13.8. The number of alkyl carbamates (subject to hydrolysis) is 1. The monoisotopic (exact) mass is 753 g/mol. The van der Waals surface area contributed by atoms with E-state index in [0.29, 0.717) is 65.8 Å². The summed E-state index contributed by atoms with van der Waals surface area (Å²) in [5, 5.41) is 18.6. The van der Waals surface area contributed by atoms with Crippen molar-refractivity contribution in [3.8, 4) is 11.3 Å². The number of nitrogens with two attached hydrogens (primary N) is 1. The molecular weight excluding hydrogens is 694 g/mol. The molecule has 298 valence electrons. The van der Waals surface area contributed by atoms with Gasteiger partial charge in [0.05, 0.1) is 77.3 Å². The molecule has 0 aliphatic heterocycles. The number of carbonyl (C=O) groups is 2. The Balaban J connectivity index is 1.45. The van der Waals surface area contributed by atoms with Crippen molar-refractivity contribution in [1.29, 1.82) is 0 Å². The van der Waals surface area contributed by atoms with Crippen LogP contribution in [-0.4, -0.2) is 125 Å². The van der Waals surface area contributed by atoms with E-state index in [1.54, 1.807) is 13.3 Å². The molecule has 14 nitrogen and oxygen atoms in total. The summed E-state index contributed by atoms with van der Waals surface area (Å²) in [5.41, 5.74) is 3.07. The number of hydrazine groups is 1. The number of aliphatic hydroxyl groups is 1. The van der Waals surface area contributed by atoms with Crippen molar-refractivity contribution >= 4 is 12.0 Å². The first kappa shape index (κ1) is 44.4. The fraction of sp³-hybridized carbons (Fsp3) is 0.525. The number of pyridine rings is 1. The highest BCUT2D eigenvalue weighted by molar-refractivity contribution is 5.86. The number of carbonyl (C=O) groups excluding carboxylic acids is 2. The maximum Gasteiger partial charge on any atom is 0.407 e. The molecule has 1 heterocycles. The van der Waals surface area contributed by atoms with Gasteiger partial charge in [-0.25, -0.2) is 9.80 Å². The van der Waals surface area contributed by atoms with E-state index < -0.39 is 35.6 Å². The Kier molecular flexibility index (Phi) is 20.7. The minimum absolute atomic E-state index is 0.00987. The molecule has 0 bridgehead atoms. The number of hydrogen-bond acceptors (Lipinski definition) is 12. The molecule has 0 spiro atoms. The second-order valence-corrected chi connectivity index (χ2v) is 13.7. The molecular formula is C40H59N5O9. The second kappa shape index (κ2) is 25.2. The maximum atomic E-state index is 13.8. The molecule has 3 aromatic rings. The Morgan fingerprint density at radius 3 is 1.89 bits per heavy atom. The minimum atomic E-state index is -1.03. The molecule has 0 unspecified atom stereocenters. The molecule has 54 heavy (non-hydrogen) atoms. The van der Waals surface area contributed by atoms with Crippen LogP contribution in [0.3, 0.4) is 0 Å². The molecule has 0 aliphatic rings. The fourth-order valence-electron chi connectivity index (χ4n) is 5.33. The third kappa shape index (κ3) is 17.9. The minimum Gasteiger partial charge on any atom is -0.447 e. The molecule has 0 radical (unpaired) electrons. The lowest BCUT2D eigenvalue weighted by atomic mass is 9.85. The number of methoxy groups -OCH3 is 1. The molecule has 5 N–H and O–H groups in total. The standard InChI is InChI=1S/C40H59N5O9/c1-40(2,3)37(44-39(48)54-27-26-53-25-24-52-23-22-51-21-20-50-19-18-49-4)38(47)43-35(28-31-10-6-5-7-11-31)36(46)30-45(41)29-32-13-15-33(16-14-32)34-12-8-9-17-42-34/h5-17,35-37,46H,18-30,41H2,1-4H3,(H,43,47)(H,44,48)/t35-,36-,37+/m0/s1. The molecule has 0 saturated heterocycles. The van der Waals surface area contributed by atoms with Gasteiger partial charge in [0.2, 0.25) is 5.91 Å². The van der Waals surface area contributed by atoms with Crippen molar-refractivity contribution in [3.05, 3.63) is 90.1 Å². The number of amides is 2. The number of aromatic nitrogens is 1. The number of benzene rings is 2. The van der Waals surface area contributed by atoms with Gasteiger partial charge in [0.1, 0.15) is 12.6 Å². The summed E-state index contributed by atoms with van der Waals surface area (Å²) in [5.74, 6) is 5.93. The summed E-state index contributed by atoms with van der Waals surface area (Å²) in [4.78, 5) is 30.9. The quantitative estimate of drug-likeness (QED) is 0.0536. The molecule has 3 atom stereocenters. The van der Waals surface area contributed by atoms with Crippen molar-refractivity contribution in [1.82, 2.24) is 20.6 Å². The molecule has 2 aromatic carbocycles. The van der Waals surface area contributed by atoms with Gasteiger partial charge in [-0.1, -0.05) is 81.4 Å². The summed E-state index contributed by atoms with van der Waals surface area (Å²) >= 11 is 0. The van der Waals surface area contributed by atoms with E-state index in [0.717, 1.165) is 22.4 Å². The van der Waals surface area contributed by atoms with Gasteiger partial charge in [-0.3, -0.25) is 15.6 Å². The van der Waals surface area contributed by atoms with E-state index in [1.165, 1.54) is 5.01 Å². The van der Waals surface area contributed by atoms with Crippen LogP contribution in [0.25, 0.3) is 11.3 Å². The highest BCUT2D eigenvalue weighted by Crippen LogP contribution is 2.21. The van der Waals surface area contributed by atoms with Crippen LogP contribution < -0.4 is 16.5 Å². The summed E-state index contributed by atoms with van der Waals surface area (Å²) in [6.07, 6.45) is 0.318. The zero-order valence-electron chi connectivity index (χ0n) is 32.1. The topological polar surface area (TPSA) is 176 Å². The van der Waals surface area contributed by atoms with Crippen molar-refractivity contribution in [3.63, 3.8) is 0 Å². The summed E-state index contributed by atoms with van der Waals surface area (Å²) in [6, 6.07) is 21.6. The van der Waals surface area contributed by atoms with E-state index in [4.69, 9.17) is 34.3 Å². The fourth-order valence-corrected chi connectivity index (χ4v) is 5.33. The van der Waals surface area contributed by atoms with E-state index in [9.17, 15) is 14.7 Å².